The summed E-state index contributed by atoms with van der Waals surface area (Å²) in [6, 6.07) is 7.71. The molecule has 0 saturated carbocycles. The zero-order valence-corrected chi connectivity index (χ0v) is 14.6. The molecule has 1 saturated heterocycles. The van der Waals surface area contributed by atoms with Crippen molar-refractivity contribution >= 4 is 23.3 Å². The monoisotopic (exact) mass is 357 g/mol. The summed E-state index contributed by atoms with van der Waals surface area (Å²) in [6.07, 6.45) is 5.27. The lowest BCUT2D eigenvalue weighted by Crippen LogP contribution is -2.23. The molecule has 1 N–H and O–H groups in total. The van der Waals surface area contributed by atoms with Gasteiger partial charge in [-0.2, -0.15) is 0 Å². The number of anilines is 1. The van der Waals surface area contributed by atoms with Gasteiger partial charge in [0.1, 0.15) is 0 Å². The van der Waals surface area contributed by atoms with E-state index in [1.54, 1.807) is 6.20 Å². The minimum absolute atomic E-state index is 0.104. The SMILES string of the molecule is O=C1C[C@H](c2ccc(Cl)cc2)Cc2nc(NC[C@@H]3CCCO3)ncc21. The Hall–Kier alpha value is -1.98. The number of carbonyl (C=O) groups excluding carboxylic acids is 1. The lowest BCUT2D eigenvalue weighted by molar-refractivity contribution is 0.0962. The van der Waals surface area contributed by atoms with Crippen LogP contribution in [0.4, 0.5) is 5.95 Å². The topological polar surface area (TPSA) is 64.1 Å². The third kappa shape index (κ3) is 3.67. The van der Waals surface area contributed by atoms with Crippen LogP contribution in [0.15, 0.2) is 30.5 Å². The first-order chi connectivity index (χ1) is 12.2. The molecule has 1 aliphatic carbocycles. The third-order valence-corrected chi connectivity index (χ3v) is 5.14. The highest BCUT2D eigenvalue weighted by molar-refractivity contribution is 6.30. The maximum atomic E-state index is 12.5. The minimum Gasteiger partial charge on any atom is -0.376 e. The van der Waals surface area contributed by atoms with Crippen LogP contribution in [0, 0.1) is 0 Å². The quantitative estimate of drug-likeness (QED) is 0.905. The highest BCUT2D eigenvalue weighted by Gasteiger charge is 2.28. The van der Waals surface area contributed by atoms with Crippen molar-refractivity contribution in [1.29, 1.82) is 0 Å². The second-order valence-corrected chi connectivity index (χ2v) is 7.09. The number of ether oxygens (including phenoxy) is 1. The summed E-state index contributed by atoms with van der Waals surface area (Å²) in [5, 5.41) is 3.94. The van der Waals surface area contributed by atoms with Crippen LogP contribution in [0.1, 0.15) is 46.8 Å². The smallest absolute Gasteiger partial charge is 0.222 e. The van der Waals surface area contributed by atoms with Gasteiger partial charge in [-0.25, -0.2) is 9.97 Å². The fourth-order valence-corrected chi connectivity index (χ4v) is 3.64. The summed E-state index contributed by atoms with van der Waals surface area (Å²) >= 11 is 5.96. The first kappa shape index (κ1) is 16.5. The Bertz CT molecular complexity index is 773. The first-order valence-electron chi connectivity index (χ1n) is 8.69. The van der Waals surface area contributed by atoms with Gasteiger partial charge >= 0.3 is 0 Å². The molecule has 4 rings (SSSR count). The van der Waals surface area contributed by atoms with Crippen molar-refractivity contribution in [2.45, 2.75) is 37.7 Å². The third-order valence-electron chi connectivity index (χ3n) is 4.89. The molecule has 25 heavy (non-hydrogen) atoms. The van der Waals surface area contributed by atoms with Gasteiger partial charge < -0.3 is 10.1 Å². The molecule has 130 valence electrons. The highest BCUT2D eigenvalue weighted by Crippen LogP contribution is 2.32. The van der Waals surface area contributed by atoms with Crippen molar-refractivity contribution < 1.29 is 9.53 Å². The zero-order valence-electron chi connectivity index (χ0n) is 13.9. The molecule has 2 aliphatic rings. The van der Waals surface area contributed by atoms with Gasteiger partial charge in [0.2, 0.25) is 5.95 Å². The Kier molecular flexibility index (Phi) is 4.68. The molecule has 0 radical (unpaired) electrons. The van der Waals surface area contributed by atoms with Crippen LogP contribution in [0.5, 0.6) is 0 Å². The van der Waals surface area contributed by atoms with Crippen molar-refractivity contribution in [3.05, 3.63) is 52.3 Å². The molecular formula is C19H20ClN3O2. The average Bonchev–Trinajstić information content (AvgIpc) is 3.14. The van der Waals surface area contributed by atoms with Gasteiger partial charge in [0.25, 0.3) is 0 Å². The maximum absolute atomic E-state index is 12.5. The number of ketones is 1. The molecule has 1 aromatic carbocycles. The second kappa shape index (κ2) is 7.10. The van der Waals surface area contributed by atoms with Crippen LogP contribution >= 0.6 is 11.6 Å². The molecule has 6 heteroatoms. The number of carbonyl (C=O) groups is 1. The minimum atomic E-state index is 0.104. The van der Waals surface area contributed by atoms with Crippen LogP contribution in [-0.2, 0) is 11.2 Å². The number of halogens is 1. The van der Waals surface area contributed by atoms with E-state index in [9.17, 15) is 4.79 Å². The standard InChI is InChI=1S/C19H20ClN3O2/c20-14-5-3-12(4-6-14)13-8-17-16(18(24)9-13)11-22-19(23-17)21-10-15-2-1-7-25-15/h3-6,11,13,15H,1-2,7-10H2,(H,21,22,23)/t13-,15+/m1/s1. The molecule has 0 bridgehead atoms. The normalized spacial score (nSPS) is 22.7. The van der Waals surface area contributed by atoms with Gasteiger partial charge in [-0.1, -0.05) is 23.7 Å². The van der Waals surface area contributed by atoms with E-state index in [0.29, 0.717) is 29.5 Å². The number of aromatic nitrogens is 2. The molecule has 2 atom stereocenters. The molecular weight excluding hydrogens is 338 g/mol. The summed E-state index contributed by atoms with van der Waals surface area (Å²) in [7, 11) is 0. The van der Waals surface area contributed by atoms with E-state index >= 15 is 0 Å². The van der Waals surface area contributed by atoms with Crippen LogP contribution in [-0.4, -0.2) is 35.0 Å². The number of Topliss-reactive ketones (excluding diaryl/α,β-unsaturated/α-hetero) is 1. The number of nitrogens with one attached hydrogen (secondary N) is 1. The Balaban J connectivity index is 1.51. The van der Waals surface area contributed by atoms with Gasteiger partial charge in [0, 0.05) is 30.8 Å². The molecule has 0 amide bonds. The average molecular weight is 358 g/mol. The predicted molar refractivity (Wildman–Crippen MR) is 96.3 cm³/mol. The number of hydrogen-bond acceptors (Lipinski definition) is 5. The molecule has 2 aromatic rings. The van der Waals surface area contributed by atoms with Crippen LogP contribution in [0.2, 0.25) is 5.02 Å². The van der Waals surface area contributed by atoms with E-state index in [1.165, 1.54) is 0 Å². The van der Waals surface area contributed by atoms with Crippen LogP contribution in [0.25, 0.3) is 0 Å². The van der Waals surface area contributed by atoms with Gasteiger partial charge in [-0.15, -0.1) is 0 Å². The number of fused-ring (bicyclic) bond motifs is 1. The van der Waals surface area contributed by atoms with Crippen molar-refractivity contribution in [1.82, 2.24) is 9.97 Å². The Morgan fingerprint density at radius 1 is 1.24 bits per heavy atom. The summed E-state index contributed by atoms with van der Waals surface area (Å²) in [6.45, 7) is 1.53. The van der Waals surface area contributed by atoms with E-state index in [2.05, 4.69) is 15.3 Å². The number of nitrogens with zero attached hydrogens (tertiary/aromatic N) is 2. The van der Waals surface area contributed by atoms with Crippen LogP contribution in [0.3, 0.4) is 0 Å². The largest absolute Gasteiger partial charge is 0.376 e. The Morgan fingerprint density at radius 3 is 2.84 bits per heavy atom. The van der Waals surface area contributed by atoms with Gasteiger partial charge in [-0.05, 0) is 42.9 Å². The van der Waals surface area contributed by atoms with Crippen LogP contribution < -0.4 is 5.32 Å². The van der Waals surface area contributed by atoms with E-state index in [4.69, 9.17) is 16.3 Å². The highest BCUT2D eigenvalue weighted by atomic mass is 35.5. The first-order valence-corrected chi connectivity index (χ1v) is 9.07. The maximum Gasteiger partial charge on any atom is 0.222 e. The molecule has 1 aromatic heterocycles. The lowest BCUT2D eigenvalue weighted by atomic mass is 9.82. The van der Waals surface area contributed by atoms with Crippen molar-refractivity contribution in [3.63, 3.8) is 0 Å². The van der Waals surface area contributed by atoms with Crippen molar-refractivity contribution in [3.8, 4) is 0 Å². The molecule has 2 heterocycles. The fourth-order valence-electron chi connectivity index (χ4n) is 3.51. The summed E-state index contributed by atoms with van der Waals surface area (Å²) in [5.74, 6) is 0.809. The second-order valence-electron chi connectivity index (χ2n) is 6.65. The summed E-state index contributed by atoms with van der Waals surface area (Å²) in [4.78, 5) is 21.4. The summed E-state index contributed by atoms with van der Waals surface area (Å²) in [5.41, 5.74) is 2.59. The van der Waals surface area contributed by atoms with E-state index < -0.39 is 0 Å². The predicted octanol–water partition coefficient (Wildman–Crippen LogP) is 3.63. The van der Waals surface area contributed by atoms with Crippen molar-refractivity contribution in [2.75, 3.05) is 18.5 Å². The van der Waals surface area contributed by atoms with Gasteiger partial charge in [0.05, 0.1) is 17.4 Å². The summed E-state index contributed by atoms with van der Waals surface area (Å²) < 4.78 is 5.61. The Morgan fingerprint density at radius 2 is 2.08 bits per heavy atom. The molecule has 1 fully saturated rings. The molecule has 5 nitrogen and oxygen atoms in total. The molecule has 1 aliphatic heterocycles. The van der Waals surface area contributed by atoms with Crippen molar-refractivity contribution in [2.24, 2.45) is 0 Å². The fraction of sp³-hybridized carbons (Fsp3) is 0.421. The number of rotatable bonds is 4. The van der Waals surface area contributed by atoms with E-state index in [0.717, 1.165) is 37.1 Å². The number of benzene rings is 1. The number of hydrogen-bond donors (Lipinski definition) is 1. The van der Waals surface area contributed by atoms with Gasteiger partial charge in [0.15, 0.2) is 5.78 Å². The zero-order chi connectivity index (χ0) is 17.2. The Labute approximate surface area is 151 Å². The molecule has 0 spiro atoms. The van der Waals surface area contributed by atoms with E-state index in [-0.39, 0.29) is 17.8 Å². The molecule has 0 unspecified atom stereocenters. The van der Waals surface area contributed by atoms with E-state index in [1.807, 2.05) is 24.3 Å². The van der Waals surface area contributed by atoms with Gasteiger partial charge in [-0.3, -0.25) is 4.79 Å². The lowest BCUT2D eigenvalue weighted by Gasteiger charge is -2.23.